The van der Waals surface area contributed by atoms with Gasteiger partial charge in [0.05, 0.1) is 10.4 Å². The van der Waals surface area contributed by atoms with E-state index in [2.05, 4.69) is 0 Å². The zero-order valence-corrected chi connectivity index (χ0v) is 8.11. The Morgan fingerprint density at radius 1 is 1.31 bits per heavy atom. The summed E-state index contributed by atoms with van der Waals surface area (Å²) in [6.45, 7) is 0.292. The normalized spacial score (nSPS) is 13.9. The lowest BCUT2D eigenvalue weighted by atomic mass is 10.2. The van der Waals surface area contributed by atoms with Gasteiger partial charge < -0.3 is 9.47 Å². The summed E-state index contributed by atoms with van der Waals surface area (Å²) in [5.41, 5.74) is 0. The van der Waals surface area contributed by atoms with E-state index in [0.717, 1.165) is 26.6 Å². The molecule has 2 nitrogen and oxygen atoms in total. The average Bonchev–Trinajstić information content (AvgIpc) is 2.70. The molecule has 0 aliphatic carbocycles. The summed E-state index contributed by atoms with van der Waals surface area (Å²) < 4.78 is 11.7. The third-order valence-electron chi connectivity index (χ3n) is 2.03. The first kappa shape index (κ1) is 7.47. The largest absolute Gasteiger partial charge is 0.454 e. The van der Waals surface area contributed by atoms with Crippen LogP contribution in [0.1, 0.15) is 0 Å². The molecule has 0 radical (unpaired) electrons. The van der Waals surface area contributed by atoms with Crippen LogP contribution in [-0.2, 0) is 0 Å². The molecule has 0 amide bonds. The van der Waals surface area contributed by atoms with Crippen LogP contribution < -0.4 is 9.47 Å². The second-order valence-corrected chi connectivity index (χ2v) is 4.07. The zero-order valence-electron chi connectivity index (χ0n) is 6.54. The first-order chi connectivity index (χ1) is 6.36. The van der Waals surface area contributed by atoms with Gasteiger partial charge in [0.25, 0.3) is 0 Å². The second-order valence-electron chi connectivity index (χ2n) is 2.76. The molecule has 0 bridgehead atoms. The monoisotopic (exact) mass is 212 g/mol. The Morgan fingerprint density at radius 3 is 3.15 bits per heavy atom. The van der Waals surface area contributed by atoms with Crippen molar-refractivity contribution in [3.8, 4) is 11.5 Å². The summed E-state index contributed by atoms with van der Waals surface area (Å²) in [4.78, 5) is 0. The molecule has 13 heavy (non-hydrogen) atoms. The number of thiophene rings is 1. The van der Waals surface area contributed by atoms with Crippen molar-refractivity contribution in [3.63, 3.8) is 0 Å². The highest BCUT2D eigenvalue weighted by molar-refractivity contribution is 7.17. The molecule has 4 heteroatoms. The molecule has 0 saturated carbocycles. The Hall–Kier alpha value is -0.930. The minimum atomic E-state index is 0.292. The fourth-order valence-corrected chi connectivity index (χ4v) is 2.65. The predicted octanol–water partition coefficient (Wildman–Crippen LogP) is 3.28. The van der Waals surface area contributed by atoms with E-state index in [1.807, 2.05) is 17.5 Å². The van der Waals surface area contributed by atoms with Gasteiger partial charge in [-0.2, -0.15) is 0 Å². The number of hydrogen-bond donors (Lipinski definition) is 0. The summed E-state index contributed by atoms with van der Waals surface area (Å²) in [6, 6.07) is 3.91. The van der Waals surface area contributed by atoms with Gasteiger partial charge in [0.1, 0.15) is 0 Å². The fourth-order valence-electron chi connectivity index (χ4n) is 1.45. The van der Waals surface area contributed by atoms with Crippen molar-refractivity contribution in [1.82, 2.24) is 0 Å². The number of hydrogen-bond acceptors (Lipinski definition) is 3. The van der Waals surface area contributed by atoms with Crippen LogP contribution >= 0.6 is 22.9 Å². The van der Waals surface area contributed by atoms with E-state index in [1.54, 1.807) is 11.3 Å². The van der Waals surface area contributed by atoms with Crippen LogP contribution in [-0.4, -0.2) is 6.79 Å². The first-order valence-corrected chi connectivity index (χ1v) is 5.07. The van der Waals surface area contributed by atoms with Crippen molar-refractivity contribution < 1.29 is 9.47 Å². The molecule has 3 rings (SSSR count). The summed E-state index contributed by atoms with van der Waals surface area (Å²) in [5.74, 6) is 1.57. The van der Waals surface area contributed by atoms with Crippen LogP contribution in [0.3, 0.4) is 0 Å². The van der Waals surface area contributed by atoms with Crippen LogP contribution in [0.5, 0.6) is 11.5 Å². The molecule has 0 N–H and O–H groups in total. The molecule has 1 aromatic heterocycles. The van der Waals surface area contributed by atoms with Crippen molar-refractivity contribution in [1.29, 1.82) is 0 Å². The molecule has 0 fully saturated rings. The Kier molecular flexibility index (Phi) is 1.45. The summed E-state index contributed by atoms with van der Waals surface area (Å²) in [7, 11) is 0. The summed E-state index contributed by atoms with van der Waals surface area (Å²) >= 11 is 7.64. The maximum absolute atomic E-state index is 6.03. The molecule has 0 saturated heterocycles. The van der Waals surface area contributed by atoms with Crippen LogP contribution in [0, 0.1) is 0 Å². The molecule has 0 atom stereocenters. The predicted molar refractivity (Wildman–Crippen MR) is 53.0 cm³/mol. The Labute approximate surface area is 83.6 Å². The van der Waals surface area contributed by atoms with E-state index in [1.165, 1.54) is 0 Å². The second kappa shape index (κ2) is 2.53. The molecule has 2 heterocycles. The summed E-state index contributed by atoms with van der Waals surface area (Å²) in [5, 5.41) is 3.62. The van der Waals surface area contributed by atoms with Crippen LogP contribution in [0.15, 0.2) is 17.5 Å². The fraction of sp³-hybridized carbons (Fsp3) is 0.111. The third-order valence-corrected chi connectivity index (χ3v) is 3.40. The molecule has 1 aromatic carbocycles. The van der Waals surface area contributed by atoms with Crippen molar-refractivity contribution in [2.75, 3.05) is 6.79 Å². The standard InChI is InChI=1S/C9H5ClO2S/c10-5-3-13-7-2-1-6-9(8(5)7)12-4-11-6/h1-3H,4H2. The third kappa shape index (κ3) is 0.943. The SMILES string of the molecule is Clc1csc2ccc3c(c12)OCO3. The topological polar surface area (TPSA) is 18.5 Å². The molecule has 1 aliphatic heterocycles. The molecule has 66 valence electrons. The van der Waals surface area contributed by atoms with Crippen LogP contribution in [0.2, 0.25) is 5.02 Å². The first-order valence-electron chi connectivity index (χ1n) is 3.81. The van der Waals surface area contributed by atoms with E-state index in [0.29, 0.717) is 6.79 Å². The number of fused-ring (bicyclic) bond motifs is 3. The van der Waals surface area contributed by atoms with E-state index >= 15 is 0 Å². The van der Waals surface area contributed by atoms with E-state index in [-0.39, 0.29) is 0 Å². The maximum atomic E-state index is 6.03. The number of rotatable bonds is 0. The van der Waals surface area contributed by atoms with Gasteiger partial charge in [-0.05, 0) is 12.1 Å². The maximum Gasteiger partial charge on any atom is 0.231 e. The number of ether oxygens (including phenoxy) is 2. The molecule has 0 unspecified atom stereocenters. The van der Waals surface area contributed by atoms with Gasteiger partial charge in [0, 0.05) is 10.1 Å². The van der Waals surface area contributed by atoms with Crippen LogP contribution in [0.25, 0.3) is 10.1 Å². The molecular weight excluding hydrogens is 208 g/mol. The zero-order chi connectivity index (χ0) is 8.84. The van der Waals surface area contributed by atoms with E-state index in [9.17, 15) is 0 Å². The van der Waals surface area contributed by atoms with Gasteiger partial charge in [-0.3, -0.25) is 0 Å². The lowest BCUT2D eigenvalue weighted by Gasteiger charge is -1.97. The van der Waals surface area contributed by atoms with E-state index < -0.39 is 0 Å². The van der Waals surface area contributed by atoms with Crippen molar-refractivity contribution in [2.45, 2.75) is 0 Å². The molecular formula is C9H5ClO2S. The minimum Gasteiger partial charge on any atom is -0.454 e. The van der Waals surface area contributed by atoms with Crippen molar-refractivity contribution in [2.24, 2.45) is 0 Å². The van der Waals surface area contributed by atoms with Gasteiger partial charge in [-0.25, -0.2) is 0 Å². The van der Waals surface area contributed by atoms with Crippen molar-refractivity contribution >= 4 is 33.0 Å². The quantitative estimate of drug-likeness (QED) is 0.667. The average molecular weight is 213 g/mol. The van der Waals surface area contributed by atoms with Gasteiger partial charge in [0.15, 0.2) is 11.5 Å². The highest BCUT2D eigenvalue weighted by atomic mass is 35.5. The van der Waals surface area contributed by atoms with Gasteiger partial charge in [-0.1, -0.05) is 11.6 Å². The Bertz CT molecular complexity index is 478. The molecule has 2 aromatic rings. The highest BCUT2D eigenvalue weighted by Gasteiger charge is 2.19. The summed E-state index contributed by atoms with van der Waals surface area (Å²) in [6.07, 6.45) is 0. The smallest absolute Gasteiger partial charge is 0.231 e. The Morgan fingerprint density at radius 2 is 2.23 bits per heavy atom. The molecule has 1 aliphatic rings. The Balaban J connectivity index is 2.47. The van der Waals surface area contributed by atoms with Gasteiger partial charge in [-0.15, -0.1) is 11.3 Å². The minimum absolute atomic E-state index is 0.292. The lowest BCUT2D eigenvalue weighted by Crippen LogP contribution is -1.93. The lowest BCUT2D eigenvalue weighted by molar-refractivity contribution is 0.175. The van der Waals surface area contributed by atoms with E-state index in [4.69, 9.17) is 21.1 Å². The molecule has 0 spiro atoms. The van der Waals surface area contributed by atoms with Gasteiger partial charge in [0.2, 0.25) is 6.79 Å². The van der Waals surface area contributed by atoms with Crippen LogP contribution in [0.4, 0.5) is 0 Å². The number of benzene rings is 1. The highest BCUT2D eigenvalue weighted by Crippen LogP contribution is 2.44. The van der Waals surface area contributed by atoms with Gasteiger partial charge >= 0.3 is 0 Å². The number of halogens is 1. The van der Waals surface area contributed by atoms with Crippen molar-refractivity contribution in [3.05, 3.63) is 22.5 Å².